The number of nitroso groups, excluding NO2 is 1. The van der Waals surface area contributed by atoms with E-state index in [0.717, 1.165) is 11.9 Å². The average molecular weight is 544 g/mol. The maximum atomic E-state index is 13.8. The molecule has 1 fully saturated rings. The number of carbonyl (C=O) groups is 2. The van der Waals surface area contributed by atoms with Crippen LogP contribution in [0.4, 0.5) is 0 Å². The fourth-order valence-electron chi connectivity index (χ4n) is 5.87. The first kappa shape index (κ1) is 27.2. The molecule has 1 saturated heterocycles. The molecule has 37 heavy (non-hydrogen) atoms. The number of piperidine rings is 1. The van der Waals surface area contributed by atoms with Crippen molar-refractivity contribution in [2.75, 3.05) is 27.2 Å². The highest BCUT2D eigenvalue weighted by Crippen LogP contribution is 2.56. The van der Waals surface area contributed by atoms with Gasteiger partial charge < -0.3 is 14.7 Å². The van der Waals surface area contributed by atoms with Crippen LogP contribution in [0, 0.1) is 11.8 Å². The van der Waals surface area contributed by atoms with Crippen molar-refractivity contribution in [2.45, 2.75) is 43.3 Å². The van der Waals surface area contributed by atoms with Crippen molar-refractivity contribution in [3.63, 3.8) is 0 Å². The lowest BCUT2D eigenvalue weighted by molar-refractivity contribution is -0.146. The van der Waals surface area contributed by atoms with Crippen molar-refractivity contribution in [1.82, 2.24) is 9.47 Å². The largest absolute Gasteiger partial charge is 0.497 e. The number of aliphatic carboxylic acids is 1. The van der Waals surface area contributed by atoms with E-state index in [9.17, 15) is 19.6 Å². The van der Waals surface area contributed by atoms with Gasteiger partial charge in [-0.3, -0.25) is 14.2 Å². The summed E-state index contributed by atoms with van der Waals surface area (Å²) < 4.78 is 9.24. The van der Waals surface area contributed by atoms with E-state index in [1.807, 2.05) is 14.0 Å². The zero-order chi connectivity index (χ0) is 27.0. The molecule has 1 aromatic heterocycles. The first-order chi connectivity index (χ1) is 17.7. The van der Waals surface area contributed by atoms with Crippen LogP contribution in [-0.4, -0.2) is 58.4 Å². The Morgan fingerprint density at radius 2 is 1.84 bits per heavy atom. The van der Waals surface area contributed by atoms with Gasteiger partial charge in [0.1, 0.15) is 11.2 Å². The summed E-state index contributed by atoms with van der Waals surface area (Å²) in [6.07, 6.45) is 1.13. The molecule has 10 heteroatoms. The lowest BCUT2D eigenvalue weighted by Crippen LogP contribution is -2.58. The normalized spacial score (nSPS) is 17.3. The predicted molar refractivity (Wildman–Crippen MR) is 147 cm³/mol. The number of carboxylic acids is 1. The molecule has 4 rings (SSSR count). The number of hydrogen-bond acceptors (Lipinski definition) is 7. The van der Waals surface area contributed by atoms with Gasteiger partial charge in [0, 0.05) is 38.2 Å². The van der Waals surface area contributed by atoms with Gasteiger partial charge in [-0.15, -0.1) is 4.91 Å². The van der Waals surface area contributed by atoms with E-state index in [4.69, 9.17) is 16.3 Å². The summed E-state index contributed by atoms with van der Waals surface area (Å²) in [4.78, 5) is 41.2. The van der Waals surface area contributed by atoms with E-state index in [1.165, 1.54) is 0 Å². The minimum absolute atomic E-state index is 0.209. The summed E-state index contributed by atoms with van der Waals surface area (Å²) in [7, 11) is 3.52. The number of ether oxygens (including phenoxy) is 1. The summed E-state index contributed by atoms with van der Waals surface area (Å²) in [6, 6.07) is 11.9. The second kappa shape index (κ2) is 10.5. The predicted octanol–water partition coefficient (Wildman–Crippen LogP) is 5.91. The zero-order valence-electron chi connectivity index (χ0n) is 21.3. The van der Waals surface area contributed by atoms with E-state index in [1.54, 1.807) is 61.1 Å². The molecule has 3 aromatic rings. The molecule has 0 spiro atoms. The standard InChI is InChI=1S/C27H30ClN3O5S/c1-5-27(25(33)34,26(37-29-35)12-14-30(3)15-13-26)23-17(2)31(22-11-10-20(36-4)16-21(22)23)24(32)18-6-8-19(28)9-7-18/h6-11,16H,5,12-15H2,1-4H3,(H,33,34). The minimum atomic E-state index is -1.49. The minimum Gasteiger partial charge on any atom is -0.497 e. The van der Waals surface area contributed by atoms with Crippen LogP contribution in [0.2, 0.25) is 5.02 Å². The molecule has 2 aromatic carbocycles. The van der Waals surface area contributed by atoms with Crippen molar-refractivity contribution in [3.8, 4) is 5.75 Å². The van der Waals surface area contributed by atoms with Crippen LogP contribution in [-0.2, 0) is 10.2 Å². The number of likely N-dealkylation sites (tertiary alicyclic amines) is 1. The number of aromatic nitrogens is 1. The van der Waals surface area contributed by atoms with Gasteiger partial charge in [-0.05, 0) is 94.4 Å². The van der Waals surface area contributed by atoms with Gasteiger partial charge in [-0.25, -0.2) is 0 Å². The lowest BCUT2D eigenvalue weighted by Gasteiger charge is -2.49. The van der Waals surface area contributed by atoms with Crippen LogP contribution in [0.15, 0.2) is 47.0 Å². The molecule has 1 aliphatic rings. The first-order valence-corrected chi connectivity index (χ1v) is 13.2. The Morgan fingerprint density at radius 1 is 1.19 bits per heavy atom. The number of methoxy groups -OCH3 is 1. The maximum absolute atomic E-state index is 13.8. The van der Waals surface area contributed by atoms with E-state index in [2.05, 4.69) is 9.48 Å². The summed E-state index contributed by atoms with van der Waals surface area (Å²) in [5.74, 6) is -0.803. The van der Waals surface area contributed by atoms with Crippen molar-refractivity contribution < 1.29 is 19.4 Å². The number of hydrogen-bond donors (Lipinski definition) is 1. The SMILES string of the molecule is CCC(C(=O)O)(c1c(C)n(C(=O)c2ccc(Cl)cc2)c2ccc(OC)cc12)C1(SN=O)CCN(C)CC1. The number of nitrogens with zero attached hydrogens (tertiary/aromatic N) is 3. The Labute approximate surface area is 225 Å². The van der Waals surface area contributed by atoms with Gasteiger partial charge in [0.2, 0.25) is 0 Å². The van der Waals surface area contributed by atoms with E-state index in [-0.39, 0.29) is 12.3 Å². The summed E-state index contributed by atoms with van der Waals surface area (Å²) in [5, 5.41) is 12.1. The number of fused-ring (bicyclic) bond motifs is 1. The Balaban J connectivity index is 2.08. The van der Waals surface area contributed by atoms with Crippen LogP contribution in [0.25, 0.3) is 10.9 Å². The second-order valence-electron chi connectivity index (χ2n) is 9.52. The third-order valence-electron chi connectivity index (χ3n) is 7.81. The van der Waals surface area contributed by atoms with Crippen molar-refractivity contribution >= 4 is 46.3 Å². The van der Waals surface area contributed by atoms with Crippen LogP contribution < -0.4 is 4.74 Å². The summed E-state index contributed by atoms with van der Waals surface area (Å²) in [6.45, 7) is 4.85. The molecule has 1 atom stereocenters. The molecule has 0 amide bonds. The van der Waals surface area contributed by atoms with Gasteiger partial charge in [-0.2, -0.15) is 0 Å². The molecular weight excluding hydrogens is 514 g/mol. The van der Waals surface area contributed by atoms with Gasteiger partial charge >= 0.3 is 5.97 Å². The fraction of sp³-hybridized carbons (Fsp3) is 0.407. The van der Waals surface area contributed by atoms with Crippen LogP contribution >= 0.6 is 23.5 Å². The van der Waals surface area contributed by atoms with Crippen LogP contribution in [0.5, 0.6) is 5.75 Å². The van der Waals surface area contributed by atoms with E-state index in [0.29, 0.717) is 64.4 Å². The van der Waals surface area contributed by atoms with Gasteiger partial charge in [0.15, 0.2) is 0 Å². The molecular formula is C27H30ClN3O5S. The summed E-state index contributed by atoms with van der Waals surface area (Å²) in [5.41, 5.74) is 0.519. The molecule has 8 nitrogen and oxygen atoms in total. The van der Waals surface area contributed by atoms with Crippen molar-refractivity contribution in [3.05, 3.63) is 69.2 Å². The number of carbonyl (C=O) groups excluding carboxylic acids is 1. The number of halogens is 1. The quantitative estimate of drug-likeness (QED) is 0.278. The molecule has 0 bridgehead atoms. The Kier molecular flexibility index (Phi) is 7.69. The molecule has 1 aliphatic heterocycles. The van der Waals surface area contributed by atoms with Gasteiger partial charge in [0.25, 0.3) is 5.91 Å². The van der Waals surface area contributed by atoms with Crippen molar-refractivity contribution in [2.24, 2.45) is 4.58 Å². The van der Waals surface area contributed by atoms with Crippen LogP contribution in [0.3, 0.4) is 0 Å². The third-order valence-corrected chi connectivity index (χ3v) is 9.24. The number of benzene rings is 2. The molecule has 0 saturated carbocycles. The first-order valence-electron chi connectivity index (χ1n) is 12.1. The van der Waals surface area contributed by atoms with Crippen LogP contribution in [0.1, 0.15) is 47.8 Å². The number of carboxylic acid groups (broad SMARTS) is 1. The molecule has 196 valence electrons. The molecule has 1 N–H and O–H groups in total. The molecule has 1 unspecified atom stereocenters. The highest BCUT2D eigenvalue weighted by atomic mass is 35.5. The fourth-order valence-corrected chi connectivity index (χ4v) is 7.00. The second-order valence-corrected chi connectivity index (χ2v) is 11.1. The molecule has 0 radical (unpaired) electrons. The lowest BCUT2D eigenvalue weighted by atomic mass is 9.63. The maximum Gasteiger partial charge on any atom is 0.315 e. The average Bonchev–Trinajstić information content (AvgIpc) is 3.17. The van der Waals surface area contributed by atoms with Gasteiger partial charge in [-0.1, -0.05) is 18.5 Å². The van der Waals surface area contributed by atoms with Crippen molar-refractivity contribution in [1.29, 1.82) is 0 Å². The highest BCUT2D eigenvalue weighted by Gasteiger charge is 2.60. The topological polar surface area (TPSA) is 101 Å². The zero-order valence-corrected chi connectivity index (χ0v) is 22.9. The molecule has 2 heterocycles. The van der Waals surface area contributed by atoms with E-state index >= 15 is 0 Å². The highest BCUT2D eigenvalue weighted by molar-refractivity contribution is 7.99. The Bertz CT molecular complexity index is 1350. The Morgan fingerprint density at radius 3 is 2.38 bits per heavy atom. The summed E-state index contributed by atoms with van der Waals surface area (Å²) >= 11 is 6.86. The smallest absolute Gasteiger partial charge is 0.315 e. The monoisotopic (exact) mass is 543 g/mol. The van der Waals surface area contributed by atoms with E-state index < -0.39 is 16.1 Å². The third kappa shape index (κ3) is 4.32. The van der Waals surface area contributed by atoms with Gasteiger partial charge in [0.05, 0.1) is 17.4 Å². The number of rotatable bonds is 8. The Hall–Kier alpha value is -2.88. The molecule has 0 aliphatic carbocycles.